The number of aryl methyl sites for hydroxylation is 1. The van der Waals surface area contributed by atoms with E-state index in [2.05, 4.69) is 32.7 Å². The number of fused-ring (bicyclic) bond motifs is 2. The maximum absolute atomic E-state index is 13.0. The largest absolute Gasteiger partial charge is 0.493 e. The SMILES string of the molecule is COc1ccc(CC2c3c(ccc(OC)c3OC)CCN2CCNC(=O)Nc2cc(C)nc3ccccc23)cc1OC. The van der Waals surface area contributed by atoms with E-state index >= 15 is 0 Å². The molecule has 5 rings (SSSR count). The van der Waals surface area contributed by atoms with Crippen molar-refractivity contribution in [3.05, 3.63) is 83.0 Å². The van der Waals surface area contributed by atoms with Gasteiger partial charge in [0.15, 0.2) is 23.0 Å². The molecule has 0 bridgehead atoms. The number of pyridine rings is 1. The van der Waals surface area contributed by atoms with Crippen LogP contribution in [0, 0.1) is 6.92 Å². The highest BCUT2D eigenvalue weighted by Gasteiger charge is 2.32. The number of anilines is 1. The number of urea groups is 1. The van der Waals surface area contributed by atoms with E-state index in [0.717, 1.165) is 52.1 Å². The average molecular weight is 571 g/mol. The van der Waals surface area contributed by atoms with Crippen molar-refractivity contribution in [2.24, 2.45) is 0 Å². The molecular formula is C33H38N4O5. The van der Waals surface area contributed by atoms with E-state index in [-0.39, 0.29) is 12.1 Å². The van der Waals surface area contributed by atoms with Crippen LogP contribution < -0.4 is 29.6 Å². The lowest BCUT2D eigenvalue weighted by molar-refractivity contribution is 0.179. The second kappa shape index (κ2) is 13.0. The van der Waals surface area contributed by atoms with Crippen LogP contribution >= 0.6 is 0 Å². The number of nitrogens with zero attached hydrogens (tertiary/aromatic N) is 2. The molecule has 0 saturated heterocycles. The Morgan fingerprint density at radius 3 is 2.45 bits per heavy atom. The van der Waals surface area contributed by atoms with Gasteiger partial charge < -0.3 is 29.6 Å². The summed E-state index contributed by atoms with van der Waals surface area (Å²) >= 11 is 0. The highest BCUT2D eigenvalue weighted by Crippen LogP contribution is 2.44. The third-order valence-electron chi connectivity index (χ3n) is 7.77. The third-order valence-corrected chi connectivity index (χ3v) is 7.77. The summed E-state index contributed by atoms with van der Waals surface area (Å²) in [5.41, 5.74) is 5.89. The minimum atomic E-state index is -0.251. The molecule has 0 fully saturated rings. The molecule has 220 valence electrons. The maximum atomic E-state index is 13.0. The van der Waals surface area contributed by atoms with Gasteiger partial charge in [-0.1, -0.05) is 30.3 Å². The maximum Gasteiger partial charge on any atom is 0.319 e. The van der Waals surface area contributed by atoms with Gasteiger partial charge in [0.2, 0.25) is 0 Å². The average Bonchev–Trinajstić information content (AvgIpc) is 3.01. The summed E-state index contributed by atoms with van der Waals surface area (Å²) in [7, 11) is 6.62. The monoisotopic (exact) mass is 570 g/mol. The van der Waals surface area contributed by atoms with E-state index in [4.69, 9.17) is 18.9 Å². The summed E-state index contributed by atoms with van der Waals surface area (Å²) in [4.78, 5) is 19.9. The predicted octanol–water partition coefficient (Wildman–Crippen LogP) is 5.54. The van der Waals surface area contributed by atoms with Crippen molar-refractivity contribution in [1.82, 2.24) is 15.2 Å². The van der Waals surface area contributed by atoms with Crippen molar-refractivity contribution in [3.63, 3.8) is 0 Å². The first kappa shape index (κ1) is 29.0. The van der Waals surface area contributed by atoms with Gasteiger partial charge in [-0.05, 0) is 61.2 Å². The van der Waals surface area contributed by atoms with Gasteiger partial charge in [0.1, 0.15) is 0 Å². The molecule has 42 heavy (non-hydrogen) atoms. The highest BCUT2D eigenvalue weighted by molar-refractivity contribution is 6.00. The predicted molar refractivity (Wildman–Crippen MR) is 164 cm³/mol. The highest BCUT2D eigenvalue weighted by atomic mass is 16.5. The fourth-order valence-electron chi connectivity index (χ4n) is 5.80. The molecule has 1 aliphatic rings. The number of methoxy groups -OCH3 is 4. The van der Waals surface area contributed by atoms with Gasteiger partial charge in [0.05, 0.1) is 39.6 Å². The molecule has 2 N–H and O–H groups in total. The minimum Gasteiger partial charge on any atom is -0.493 e. The van der Waals surface area contributed by atoms with Crippen LogP contribution in [0.5, 0.6) is 23.0 Å². The van der Waals surface area contributed by atoms with Crippen LogP contribution in [0.25, 0.3) is 10.9 Å². The van der Waals surface area contributed by atoms with Gasteiger partial charge in [0, 0.05) is 42.3 Å². The first-order valence-corrected chi connectivity index (χ1v) is 14.1. The first-order valence-electron chi connectivity index (χ1n) is 14.1. The van der Waals surface area contributed by atoms with Crippen LogP contribution in [0.1, 0.15) is 28.4 Å². The molecule has 1 unspecified atom stereocenters. The minimum absolute atomic E-state index is 0.00597. The molecule has 1 aliphatic heterocycles. The number of hydrogen-bond donors (Lipinski definition) is 2. The van der Waals surface area contributed by atoms with Crippen LogP contribution in [-0.2, 0) is 12.8 Å². The smallest absolute Gasteiger partial charge is 0.319 e. The van der Waals surface area contributed by atoms with E-state index in [1.807, 2.05) is 55.5 Å². The molecule has 0 aliphatic carbocycles. The van der Waals surface area contributed by atoms with Crippen molar-refractivity contribution in [1.29, 1.82) is 0 Å². The van der Waals surface area contributed by atoms with Crippen molar-refractivity contribution < 1.29 is 23.7 Å². The molecule has 1 atom stereocenters. The van der Waals surface area contributed by atoms with E-state index in [1.165, 1.54) is 5.56 Å². The van der Waals surface area contributed by atoms with Crippen LogP contribution in [0.2, 0.25) is 0 Å². The summed E-state index contributed by atoms with van der Waals surface area (Å²) in [6.45, 7) is 3.89. The van der Waals surface area contributed by atoms with E-state index < -0.39 is 0 Å². The zero-order valence-electron chi connectivity index (χ0n) is 24.8. The van der Waals surface area contributed by atoms with Gasteiger partial charge >= 0.3 is 6.03 Å². The van der Waals surface area contributed by atoms with Crippen molar-refractivity contribution >= 4 is 22.6 Å². The lowest BCUT2D eigenvalue weighted by Crippen LogP contribution is -2.42. The van der Waals surface area contributed by atoms with E-state index in [0.29, 0.717) is 36.8 Å². The summed E-state index contributed by atoms with van der Waals surface area (Å²) in [6.07, 6.45) is 1.58. The molecule has 0 spiro atoms. The van der Waals surface area contributed by atoms with Crippen molar-refractivity contribution in [3.8, 4) is 23.0 Å². The van der Waals surface area contributed by atoms with Gasteiger partial charge in [-0.15, -0.1) is 0 Å². The number of benzene rings is 3. The van der Waals surface area contributed by atoms with E-state index in [9.17, 15) is 4.79 Å². The summed E-state index contributed by atoms with van der Waals surface area (Å²) in [5.74, 6) is 2.82. The van der Waals surface area contributed by atoms with Gasteiger partial charge in [-0.25, -0.2) is 4.79 Å². The number of ether oxygens (including phenoxy) is 4. The number of aromatic nitrogens is 1. The fraction of sp³-hybridized carbons (Fsp3) is 0.333. The number of carbonyl (C=O) groups is 1. The molecular weight excluding hydrogens is 532 g/mol. The number of carbonyl (C=O) groups excluding carboxylic acids is 1. The summed E-state index contributed by atoms with van der Waals surface area (Å²) in [6, 6.07) is 19.5. The molecule has 2 amide bonds. The number of nitrogens with one attached hydrogen (secondary N) is 2. The Kier molecular flexibility index (Phi) is 8.97. The molecule has 2 heterocycles. The zero-order valence-corrected chi connectivity index (χ0v) is 24.8. The lowest BCUT2D eigenvalue weighted by atomic mass is 9.87. The molecule has 0 radical (unpaired) electrons. The molecule has 3 aromatic carbocycles. The summed E-state index contributed by atoms with van der Waals surface area (Å²) in [5, 5.41) is 6.97. The lowest BCUT2D eigenvalue weighted by Gasteiger charge is -2.38. The second-order valence-electron chi connectivity index (χ2n) is 10.3. The van der Waals surface area contributed by atoms with Crippen molar-refractivity contribution in [2.75, 3.05) is 53.4 Å². The standard InChI is InChI=1S/C33H38N4O5/c1-21-18-26(24-8-6-7-9-25(24)35-21)36-33(38)34-15-17-37-16-14-23-11-13-29(40-3)32(42-5)31(23)27(37)19-22-10-12-28(39-2)30(20-22)41-4/h6-13,18,20,27H,14-17,19H2,1-5H3,(H2,34,35,36,38). The van der Waals surface area contributed by atoms with Gasteiger partial charge in [-0.3, -0.25) is 9.88 Å². The fourth-order valence-corrected chi connectivity index (χ4v) is 5.80. The Morgan fingerprint density at radius 2 is 1.69 bits per heavy atom. The second-order valence-corrected chi connectivity index (χ2v) is 10.3. The van der Waals surface area contributed by atoms with Crippen LogP contribution in [0.15, 0.2) is 60.7 Å². The molecule has 1 aromatic heterocycles. The van der Waals surface area contributed by atoms with Gasteiger partial charge in [0.25, 0.3) is 0 Å². The molecule has 9 nitrogen and oxygen atoms in total. The topological polar surface area (TPSA) is 94.2 Å². The van der Waals surface area contributed by atoms with Crippen LogP contribution in [0.3, 0.4) is 0 Å². The van der Waals surface area contributed by atoms with Crippen LogP contribution in [0.4, 0.5) is 10.5 Å². The number of amides is 2. The third kappa shape index (κ3) is 6.06. The quantitative estimate of drug-likeness (QED) is 0.259. The van der Waals surface area contributed by atoms with Crippen LogP contribution in [-0.4, -0.2) is 64.0 Å². The van der Waals surface area contributed by atoms with E-state index in [1.54, 1.807) is 28.4 Å². The summed E-state index contributed by atoms with van der Waals surface area (Å²) < 4.78 is 22.6. The number of para-hydroxylation sites is 1. The molecule has 9 heteroatoms. The van der Waals surface area contributed by atoms with Crippen molar-refractivity contribution in [2.45, 2.75) is 25.8 Å². The number of rotatable bonds is 10. The Labute approximate surface area is 246 Å². The Bertz CT molecular complexity index is 1570. The Hall–Kier alpha value is -4.50. The Balaban J connectivity index is 1.36. The Morgan fingerprint density at radius 1 is 0.929 bits per heavy atom. The van der Waals surface area contributed by atoms with Gasteiger partial charge in [-0.2, -0.15) is 0 Å². The normalized spacial score (nSPS) is 14.6. The first-order chi connectivity index (χ1) is 20.4. The zero-order chi connectivity index (χ0) is 29.6. The molecule has 0 saturated carbocycles. The number of hydrogen-bond acceptors (Lipinski definition) is 7. The molecule has 4 aromatic rings.